The number of hydrogen-bond donors (Lipinski definition) is 1. The number of fused-ring (bicyclic) bond motifs is 1. The highest BCUT2D eigenvalue weighted by Gasteiger charge is 2.14. The van der Waals surface area contributed by atoms with Crippen LogP contribution in [0.2, 0.25) is 0 Å². The van der Waals surface area contributed by atoms with Crippen molar-refractivity contribution in [2.45, 2.75) is 19.9 Å². The van der Waals surface area contributed by atoms with Crippen molar-refractivity contribution in [1.29, 1.82) is 5.26 Å². The SMILES string of the molecule is Cc1nc2ccccc2n1CCCNc1cc(C#N)ccc1[N+](=O)[O-]. The third kappa shape index (κ3) is 3.43. The van der Waals surface area contributed by atoms with Crippen LogP contribution in [-0.4, -0.2) is 21.0 Å². The Balaban J connectivity index is 1.68. The Labute approximate surface area is 144 Å². The van der Waals surface area contributed by atoms with Crippen LogP contribution in [0.15, 0.2) is 42.5 Å². The molecule has 1 aromatic heterocycles. The summed E-state index contributed by atoms with van der Waals surface area (Å²) in [5.74, 6) is 0.943. The zero-order valence-corrected chi connectivity index (χ0v) is 13.8. The molecule has 3 rings (SSSR count). The van der Waals surface area contributed by atoms with Crippen molar-refractivity contribution in [2.24, 2.45) is 0 Å². The molecule has 0 spiro atoms. The molecular formula is C18H17N5O2. The van der Waals surface area contributed by atoms with Crippen molar-refractivity contribution in [3.63, 3.8) is 0 Å². The summed E-state index contributed by atoms with van der Waals surface area (Å²) in [7, 11) is 0. The van der Waals surface area contributed by atoms with Gasteiger partial charge in [0, 0.05) is 19.2 Å². The average molecular weight is 335 g/mol. The Hall–Kier alpha value is -3.40. The average Bonchev–Trinajstić information content (AvgIpc) is 2.93. The fourth-order valence-electron chi connectivity index (χ4n) is 2.84. The number of nitrogens with zero attached hydrogens (tertiary/aromatic N) is 4. The Bertz CT molecular complexity index is 971. The highest BCUT2D eigenvalue weighted by Crippen LogP contribution is 2.25. The normalized spacial score (nSPS) is 10.6. The molecular weight excluding hydrogens is 318 g/mol. The molecule has 0 bridgehead atoms. The van der Waals surface area contributed by atoms with Gasteiger partial charge in [0.2, 0.25) is 0 Å². The minimum Gasteiger partial charge on any atom is -0.379 e. The number of imidazole rings is 1. The topological polar surface area (TPSA) is 96.8 Å². The number of nitriles is 1. The largest absolute Gasteiger partial charge is 0.379 e. The molecule has 0 saturated heterocycles. The van der Waals surface area contributed by atoms with E-state index in [1.807, 2.05) is 37.3 Å². The molecule has 7 nitrogen and oxygen atoms in total. The third-order valence-corrected chi connectivity index (χ3v) is 4.04. The number of benzene rings is 2. The molecule has 0 fully saturated rings. The zero-order chi connectivity index (χ0) is 17.8. The second-order valence-electron chi connectivity index (χ2n) is 5.68. The Morgan fingerprint density at radius 3 is 2.88 bits per heavy atom. The lowest BCUT2D eigenvalue weighted by Gasteiger charge is -2.09. The van der Waals surface area contributed by atoms with Crippen LogP contribution < -0.4 is 5.32 Å². The lowest BCUT2D eigenvalue weighted by atomic mass is 10.2. The smallest absolute Gasteiger partial charge is 0.292 e. The van der Waals surface area contributed by atoms with Gasteiger partial charge in [-0.25, -0.2) is 4.98 Å². The summed E-state index contributed by atoms with van der Waals surface area (Å²) < 4.78 is 2.14. The molecule has 0 unspecified atom stereocenters. The summed E-state index contributed by atoms with van der Waals surface area (Å²) in [6, 6.07) is 14.3. The van der Waals surface area contributed by atoms with Gasteiger partial charge in [-0.2, -0.15) is 5.26 Å². The molecule has 0 aliphatic rings. The van der Waals surface area contributed by atoms with Crippen LogP contribution in [-0.2, 0) is 6.54 Å². The molecule has 0 amide bonds. The van der Waals surface area contributed by atoms with Crippen molar-refractivity contribution in [2.75, 3.05) is 11.9 Å². The highest BCUT2D eigenvalue weighted by molar-refractivity contribution is 5.75. The molecule has 0 aliphatic carbocycles. The molecule has 25 heavy (non-hydrogen) atoms. The minimum atomic E-state index is -0.447. The van der Waals surface area contributed by atoms with Gasteiger partial charge in [-0.1, -0.05) is 12.1 Å². The van der Waals surface area contributed by atoms with E-state index < -0.39 is 4.92 Å². The maximum absolute atomic E-state index is 11.1. The van der Waals surface area contributed by atoms with E-state index in [0.29, 0.717) is 17.8 Å². The first-order chi connectivity index (χ1) is 12.1. The standard InChI is InChI=1S/C18H17N5O2/c1-13-21-15-5-2-3-6-17(15)22(13)10-4-9-20-16-11-14(12-19)7-8-18(16)23(24)25/h2-3,5-8,11,20H,4,9-10H2,1H3. The summed E-state index contributed by atoms with van der Waals surface area (Å²) in [5, 5.41) is 23.1. The molecule has 1 heterocycles. The first-order valence-corrected chi connectivity index (χ1v) is 7.94. The molecule has 0 aliphatic heterocycles. The van der Waals surface area contributed by atoms with E-state index in [-0.39, 0.29) is 5.69 Å². The molecule has 1 N–H and O–H groups in total. The van der Waals surface area contributed by atoms with Gasteiger partial charge in [-0.3, -0.25) is 10.1 Å². The predicted octanol–water partition coefficient (Wildman–Crippen LogP) is 3.63. The van der Waals surface area contributed by atoms with Gasteiger partial charge in [-0.15, -0.1) is 0 Å². The number of anilines is 1. The van der Waals surface area contributed by atoms with Crippen molar-refractivity contribution in [3.8, 4) is 6.07 Å². The first kappa shape index (κ1) is 16.5. The quantitative estimate of drug-likeness (QED) is 0.421. The number of nitro benzene ring substituents is 1. The van der Waals surface area contributed by atoms with Crippen LogP contribution in [0.5, 0.6) is 0 Å². The molecule has 126 valence electrons. The summed E-state index contributed by atoms with van der Waals surface area (Å²) >= 11 is 0. The number of aryl methyl sites for hydroxylation is 2. The third-order valence-electron chi connectivity index (χ3n) is 4.04. The number of aromatic nitrogens is 2. The number of para-hydroxylation sites is 2. The molecule has 0 atom stereocenters. The van der Waals surface area contributed by atoms with Gasteiger partial charge in [0.05, 0.1) is 27.6 Å². The van der Waals surface area contributed by atoms with E-state index in [2.05, 4.69) is 14.9 Å². The number of nitro groups is 1. The molecule has 7 heteroatoms. The van der Waals surface area contributed by atoms with E-state index in [0.717, 1.165) is 29.8 Å². The van der Waals surface area contributed by atoms with Gasteiger partial charge in [-0.05, 0) is 37.6 Å². The maximum atomic E-state index is 11.1. The Kier molecular flexibility index (Phi) is 4.61. The van der Waals surface area contributed by atoms with Crippen LogP contribution in [0, 0.1) is 28.4 Å². The van der Waals surface area contributed by atoms with E-state index in [1.165, 1.54) is 18.2 Å². The molecule has 3 aromatic rings. The van der Waals surface area contributed by atoms with Crippen LogP contribution in [0.25, 0.3) is 11.0 Å². The maximum Gasteiger partial charge on any atom is 0.292 e. The van der Waals surface area contributed by atoms with Crippen molar-refractivity contribution in [3.05, 3.63) is 64.0 Å². The summed E-state index contributed by atoms with van der Waals surface area (Å²) in [6.45, 7) is 3.28. The molecule has 2 aromatic carbocycles. The molecule has 0 saturated carbocycles. The number of hydrogen-bond acceptors (Lipinski definition) is 5. The fourth-order valence-corrected chi connectivity index (χ4v) is 2.84. The van der Waals surface area contributed by atoms with Crippen LogP contribution in [0.4, 0.5) is 11.4 Å². The second-order valence-corrected chi connectivity index (χ2v) is 5.68. The van der Waals surface area contributed by atoms with Crippen LogP contribution in [0.1, 0.15) is 17.8 Å². The van der Waals surface area contributed by atoms with Crippen molar-refractivity contribution in [1.82, 2.24) is 9.55 Å². The first-order valence-electron chi connectivity index (χ1n) is 7.94. The van der Waals surface area contributed by atoms with Crippen LogP contribution >= 0.6 is 0 Å². The van der Waals surface area contributed by atoms with Gasteiger partial charge in [0.1, 0.15) is 11.5 Å². The monoisotopic (exact) mass is 335 g/mol. The number of nitrogens with one attached hydrogen (secondary N) is 1. The summed E-state index contributed by atoms with van der Waals surface area (Å²) in [5.41, 5.74) is 2.78. The summed E-state index contributed by atoms with van der Waals surface area (Å²) in [6.07, 6.45) is 0.773. The summed E-state index contributed by atoms with van der Waals surface area (Å²) in [4.78, 5) is 15.2. The molecule has 0 radical (unpaired) electrons. The predicted molar refractivity (Wildman–Crippen MR) is 95.4 cm³/mol. The van der Waals surface area contributed by atoms with Gasteiger partial charge < -0.3 is 9.88 Å². The van der Waals surface area contributed by atoms with Crippen molar-refractivity contribution >= 4 is 22.4 Å². The Morgan fingerprint density at radius 2 is 2.12 bits per heavy atom. The van der Waals surface area contributed by atoms with E-state index in [9.17, 15) is 10.1 Å². The van der Waals surface area contributed by atoms with E-state index >= 15 is 0 Å². The highest BCUT2D eigenvalue weighted by atomic mass is 16.6. The van der Waals surface area contributed by atoms with Crippen molar-refractivity contribution < 1.29 is 4.92 Å². The van der Waals surface area contributed by atoms with Crippen LogP contribution in [0.3, 0.4) is 0 Å². The minimum absolute atomic E-state index is 0.0248. The second kappa shape index (κ2) is 7.01. The zero-order valence-electron chi connectivity index (χ0n) is 13.8. The fraction of sp³-hybridized carbons (Fsp3) is 0.222. The number of rotatable bonds is 6. The van der Waals surface area contributed by atoms with Gasteiger partial charge in [0.25, 0.3) is 5.69 Å². The van der Waals surface area contributed by atoms with Gasteiger partial charge in [0.15, 0.2) is 0 Å². The Morgan fingerprint density at radius 1 is 1.32 bits per heavy atom. The van der Waals surface area contributed by atoms with E-state index in [1.54, 1.807) is 0 Å². The van der Waals surface area contributed by atoms with Gasteiger partial charge >= 0.3 is 0 Å². The lowest BCUT2D eigenvalue weighted by molar-refractivity contribution is -0.384. The van der Waals surface area contributed by atoms with E-state index in [4.69, 9.17) is 5.26 Å². The lowest BCUT2D eigenvalue weighted by Crippen LogP contribution is -2.09.